The molecule has 0 bridgehead atoms. The van der Waals surface area contributed by atoms with E-state index in [0.717, 1.165) is 22.2 Å². The summed E-state index contributed by atoms with van der Waals surface area (Å²) in [5, 5.41) is 0.776. The molecule has 0 aliphatic carbocycles. The Bertz CT molecular complexity index is 588. The van der Waals surface area contributed by atoms with E-state index in [0.29, 0.717) is 0 Å². The summed E-state index contributed by atoms with van der Waals surface area (Å²) in [7, 11) is 0. The van der Waals surface area contributed by atoms with Crippen molar-refractivity contribution in [2.75, 3.05) is 0 Å². The second kappa shape index (κ2) is 3.48. The molecule has 0 spiro atoms. The van der Waals surface area contributed by atoms with Gasteiger partial charge in [0.05, 0.1) is 0 Å². The van der Waals surface area contributed by atoms with Crippen molar-refractivity contribution in [1.82, 2.24) is 4.98 Å². The molecule has 0 atom stereocenters. The Morgan fingerprint density at radius 3 is 2.38 bits per heavy atom. The van der Waals surface area contributed by atoms with Gasteiger partial charge in [0.2, 0.25) is 0 Å². The number of nitrogens with one attached hydrogen (secondary N) is 1. The molecule has 0 aliphatic heterocycles. The summed E-state index contributed by atoms with van der Waals surface area (Å²) in [4.78, 5) is 15.7. The van der Waals surface area contributed by atoms with Crippen LogP contribution in [0, 0.1) is 6.92 Å². The monoisotopic (exact) mass is 215 g/mol. The summed E-state index contributed by atoms with van der Waals surface area (Å²) in [6.07, 6.45) is 0. The average Bonchev–Trinajstić information content (AvgIpc) is 2.15. The maximum atomic E-state index is 12.4. The molecule has 1 aromatic heterocycles. The number of fused-ring (bicyclic) bond motifs is 1. The lowest BCUT2D eigenvalue weighted by molar-refractivity contribution is 0.579. The molecule has 16 heavy (non-hydrogen) atoms. The second-order valence-corrected chi connectivity index (χ2v) is 5.25. The third-order valence-corrected chi connectivity index (χ3v) is 2.85. The van der Waals surface area contributed by atoms with Gasteiger partial charge in [-0.2, -0.15) is 0 Å². The first kappa shape index (κ1) is 10.9. The standard InChI is InChI=1S/C14H17NO/c1-9-12(14(2,3)4)13(16)10-7-5-6-8-11(10)15-9/h5-8H,1-4H3,(H,15,16). The predicted molar refractivity (Wildman–Crippen MR) is 68.0 cm³/mol. The van der Waals surface area contributed by atoms with E-state index in [1.165, 1.54) is 0 Å². The van der Waals surface area contributed by atoms with Crippen LogP contribution in [0.1, 0.15) is 32.0 Å². The van der Waals surface area contributed by atoms with Crippen molar-refractivity contribution in [1.29, 1.82) is 0 Å². The van der Waals surface area contributed by atoms with Gasteiger partial charge in [-0.25, -0.2) is 0 Å². The van der Waals surface area contributed by atoms with Crippen LogP contribution in [0.15, 0.2) is 29.1 Å². The fourth-order valence-corrected chi connectivity index (χ4v) is 2.26. The molecule has 0 unspecified atom stereocenters. The zero-order valence-electron chi connectivity index (χ0n) is 10.2. The molecule has 0 amide bonds. The molecule has 0 aliphatic rings. The second-order valence-electron chi connectivity index (χ2n) is 5.25. The van der Waals surface area contributed by atoms with Crippen molar-refractivity contribution in [2.45, 2.75) is 33.1 Å². The highest BCUT2D eigenvalue weighted by molar-refractivity contribution is 5.79. The highest BCUT2D eigenvalue weighted by atomic mass is 16.1. The molecule has 2 aromatic rings. The molecule has 1 N–H and O–H groups in total. The number of H-pyrrole nitrogens is 1. The van der Waals surface area contributed by atoms with E-state index in [4.69, 9.17) is 0 Å². The van der Waals surface area contributed by atoms with Crippen LogP contribution in [0.3, 0.4) is 0 Å². The van der Waals surface area contributed by atoms with Crippen LogP contribution in [0.25, 0.3) is 10.9 Å². The Labute approximate surface area is 95.3 Å². The number of rotatable bonds is 0. The number of benzene rings is 1. The minimum Gasteiger partial charge on any atom is -0.358 e. The van der Waals surface area contributed by atoms with E-state index in [9.17, 15) is 4.79 Å². The Balaban J connectivity index is 2.92. The summed E-state index contributed by atoms with van der Waals surface area (Å²) < 4.78 is 0. The number of aromatic amines is 1. The molecule has 0 saturated carbocycles. The van der Waals surface area contributed by atoms with Gasteiger partial charge < -0.3 is 4.98 Å². The van der Waals surface area contributed by atoms with E-state index >= 15 is 0 Å². The number of pyridine rings is 1. The highest BCUT2D eigenvalue weighted by Crippen LogP contribution is 2.23. The fraction of sp³-hybridized carbons (Fsp3) is 0.357. The summed E-state index contributed by atoms with van der Waals surface area (Å²) >= 11 is 0. The van der Waals surface area contributed by atoms with Crippen LogP contribution in [0.2, 0.25) is 0 Å². The third kappa shape index (κ3) is 1.64. The lowest BCUT2D eigenvalue weighted by Crippen LogP contribution is -2.25. The number of para-hydroxylation sites is 1. The number of hydrogen-bond acceptors (Lipinski definition) is 1. The maximum absolute atomic E-state index is 12.4. The molecule has 1 heterocycles. The Morgan fingerprint density at radius 2 is 1.75 bits per heavy atom. The minimum absolute atomic E-state index is 0.123. The van der Waals surface area contributed by atoms with Crippen LogP contribution in [0.4, 0.5) is 0 Å². The quantitative estimate of drug-likeness (QED) is 0.719. The van der Waals surface area contributed by atoms with Crippen LogP contribution in [0.5, 0.6) is 0 Å². The Morgan fingerprint density at radius 1 is 1.12 bits per heavy atom. The fourth-order valence-electron chi connectivity index (χ4n) is 2.26. The van der Waals surface area contributed by atoms with Gasteiger partial charge >= 0.3 is 0 Å². The van der Waals surface area contributed by atoms with E-state index < -0.39 is 0 Å². The topological polar surface area (TPSA) is 32.9 Å². The molecule has 1 aromatic carbocycles. The van der Waals surface area contributed by atoms with Crippen LogP contribution in [-0.4, -0.2) is 4.98 Å². The molecule has 0 radical (unpaired) electrons. The molecule has 2 nitrogen and oxygen atoms in total. The van der Waals surface area contributed by atoms with Gasteiger partial charge in [-0.3, -0.25) is 4.79 Å². The summed E-state index contributed by atoms with van der Waals surface area (Å²) in [6.45, 7) is 8.17. The minimum atomic E-state index is -0.123. The predicted octanol–water partition coefficient (Wildman–Crippen LogP) is 3.13. The zero-order valence-corrected chi connectivity index (χ0v) is 10.2. The van der Waals surface area contributed by atoms with E-state index in [2.05, 4.69) is 25.8 Å². The van der Waals surface area contributed by atoms with E-state index in [1.54, 1.807) is 0 Å². The summed E-state index contributed by atoms with van der Waals surface area (Å²) in [6, 6.07) is 7.66. The van der Waals surface area contributed by atoms with Crippen molar-refractivity contribution < 1.29 is 0 Å². The average molecular weight is 215 g/mol. The molecule has 2 heteroatoms. The van der Waals surface area contributed by atoms with E-state index in [-0.39, 0.29) is 10.8 Å². The maximum Gasteiger partial charge on any atom is 0.193 e. The first-order valence-electron chi connectivity index (χ1n) is 5.53. The highest BCUT2D eigenvalue weighted by Gasteiger charge is 2.21. The lowest BCUT2D eigenvalue weighted by Gasteiger charge is -2.21. The van der Waals surface area contributed by atoms with Crippen molar-refractivity contribution in [2.24, 2.45) is 0 Å². The van der Waals surface area contributed by atoms with Gasteiger partial charge in [-0.1, -0.05) is 32.9 Å². The smallest absolute Gasteiger partial charge is 0.193 e. The van der Waals surface area contributed by atoms with E-state index in [1.807, 2.05) is 31.2 Å². The zero-order chi connectivity index (χ0) is 11.9. The Kier molecular flexibility index (Phi) is 2.38. The molecular formula is C14H17NO. The molecule has 2 rings (SSSR count). The van der Waals surface area contributed by atoms with Crippen molar-refractivity contribution in [3.8, 4) is 0 Å². The van der Waals surface area contributed by atoms with Crippen molar-refractivity contribution >= 4 is 10.9 Å². The largest absolute Gasteiger partial charge is 0.358 e. The van der Waals surface area contributed by atoms with Gasteiger partial charge in [0, 0.05) is 22.2 Å². The molecule has 84 valence electrons. The third-order valence-electron chi connectivity index (χ3n) is 2.85. The molecular weight excluding hydrogens is 198 g/mol. The molecule has 0 fully saturated rings. The first-order chi connectivity index (χ1) is 7.41. The summed E-state index contributed by atoms with van der Waals surface area (Å²) in [5.41, 5.74) is 2.79. The summed E-state index contributed by atoms with van der Waals surface area (Å²) in [5.74, 6) is 0. The van der Waals surface area contributed by atoms with Gasteiger partial charge in [-0.15, -0.1) is 0 Å². The normalized spacial score (nSPS) is 12.0. The first-order valence-corrected chi connectivity index (χ1v) is 5.53. The van der Waals surface area contributed by atoms with Crippen molar-refractivity contribution in [3.63, 3.8) is 0 Å². The number of aryl methyl sites for hydroxylation is 1. The lowest BCUT2D eigenvalue weighted by atomic mass is 9.85. The van der Waals surface area contributed by atoms with Crippen LogP contribution >= 0.6 is 0 Å². The number of hydrogen-bond donors (Lipinski definition) is 1. The number of aromatic nitrogens is 1. The van der Waals surface area contributed by atoms with Crippen molar-refractivity contribution in [3.05, 3.63) is 45.7 Å². The van der Waals surface area contributed by atoms with Crippen LogP contribution in [-0.2, 0) is 5.41 Å². The van der Waals surface area contributed by atoms with Crippen LogP contribution < -0.4 is 5.43 Å². The van der Waals surface area contributed by atoms with Gasteiger partial charge in [0.15, 0.2) is 5.43 Å². The molecule has 0 saturated heterocycles. The van der Waals surface area contributed by atoms with Gasteiger partial charge in [-0.05, 0) is 24.5 Å². The van der Waals surface area contributed by atoms with Gasteiger partial charge in [0.1, 0.15) is 0 Å². The Hall–Kier alpha value is -1.57. The van der Waals surface area contributed by atoms with Gasteiger partial charge in [0.25, 0.3) is 0 Å². The SMILES string of the molecule is Cc1[nH]c2ccccc2c(=O)c1C(C)(C)C.